The summed E-state index contributed by atoms with van der Waals surface area (Å²) in [5, 5.41) is 6.29. The maximum atomic E-state index is 16.1. The number of carbonyl (C=O) groups is 3. The topological polar surface area (TPSA) is 81.8 Å². The van der Waals surface area contributed by atoms with Gasteiger partial charge in [-0.2, -0.15) is 0 Å². The van der Waals surface area contributed by atoms with Gasteiger partial charge in [0, 0.05) is 59.5 Å². The zero-order valence-corrected chi connectivity index (χ0v) is 25.3. The van der Waals surface area contributed by atoms with E-state index in [-0.39, 0.29) is 28.8 Å². The summed E-state index contributed by atoms with van der Waals surface area (Å²) in [6.45, 7) is 4.40. The molecule has 1 aliphatic carbocycles. The van der Waals surface area contributed by atoms with Gasteiger partial charge in [0.25, 0.3) is 5.91 Å². The molecule has 4 atom stereocenters. The Morgan fingerprint density at radius 1 is 1.09 bits per heavy atom. The van der Waals surface area contributed by atoms with E-state index in [1.54, 1.807) is 42.5 Å². The highest BCUT2D eigenvalue weighted by Gasteiger charge is 2.70. The molecule has 2 N–H and O–H groups in total. The Balaban J connectivity index is 1.41. The highest BCUT2D eigenvalue weighted by molar-refractivity contribution is 6.31. The summed E-state index contributed by atoms with van der Waals surface area (Å²) in [5.74, 6) is -1.51. The van der Waals surface area contributed by atoms with Gasteiger partial charge < -0.3 is 15.5 Å². The number of likely N-dealkylation sites (tertiary alicyclic amines) is 2. The minimum Gasteiger partial charge on any atom is -0.333 e. The number of anilines is 2. The molecule has 3 heterocycles. The van der Waals surface area contributed by atoms with Crippen LogP contribution in [0.1, 0.15) is 59.2 Å². The third-order valence-corrected chi connectivity index (χ3v) is 10.1. The van der Waals surface area contributed by atoms with Crippen molar-refractivity contribution in [2.75, 3.05) is 23.7 Å². The molecule has 222 valence electrons. The third kappa shape index (κ3) is 4.37. The Labute approximate surface area is 259 Å². The summed E-state index contributed by atoms with van der Waals surface area (Å²) < 4.78 is 16.1. The van der Waals surface area contributed by atoms with Gasteiger partial charge in [-0.3, -0.25) is 19.3 Å². The normalized spacial score (nSPS) is 26.0. The van der Waals surface area contributed by atoms with Crippen molar-refractivity contribution in [1.29, 1.82) is 0 Å². The second kappa shape index (κ2) is 10.3. The molecular formula is C33H31Cl2FN4O3. The Bertz CT molecular complexity index is 1690. The van der Waals surface area contributed by atoms with Crippen LogP contribution < -0.4 is 10.6 Å². The molecule has 4 aliphatic rings. The fourth-order valence-electron chi connectivity index (χ4n) is 7.72. The Morgan fingerprint density at radius 3 is 2.60 bits per heavy atom. The van der Waals surface area contributed by atoms with E-state index in [0.29, 0.717) is 58.5 Å². The molecule has 3 fully saturated rings. The number of carbonyl (C=O) groups excluding carboxylic acids is 3. The fourth-order valence-corrected chi connectivity index (χ4v) is 8.07. The third-order valence-electron chi connectivity index (χ3n) is 9.56. The first-order chi connectivity index (χ1) is 20.6. The molecule has 10 heteroatoms. The van der Waals surface area contributed by atoms with Crippen LogP contribution in [-0.2, 0) is 15.1 Å². The van der Waals surface area contributed by atoms with Crippen LogP contribution in [0.25, 0.3) is 0 Å². The molecule has 43 heavy (non-hydrogen) atoms. The number of amides is 3. The van der Waals surface area contributed by atoms with E-state index < -0.39 is 23.3 Å². The van der Waals surface area contributed by atoms with Crippen LogP contribution in [-0.4, -0.2) is 52.7 Å². The van der Waals surface area contributed by atoms with E-state index in [9.17, 15) is 14.4 Å². The first-order valence-electron chi connectivity index (χ1n) is 14.6. The van der Waals surface area contributed by atoms with Gasteiger partial charge in [0.05, 0.1) is 11.1 Å². The number of benzene rings is 3. The fraction of sp³-hybridized carbons (Fsp3) is 0.364. The van der Waals surface area contributed by atoms with E-state index >= 15 is 4.39 Å². The van der Waals surface area contributed by atoms with Crippen molar-refractivity contribution in [3.8, 4) is 0 Å². The van der Waals surface area contributed by atoms with Crippen molar-refractivity contribution in [3.63, 3.8) is 0 Å². The highest BCUT2D eigenvalue weighted by Crippen LogP contribution is 2.61. The number of nitrogens with one attached hydrogen (secondary N) is 2. The largest absolute Gasteiger partial charge is 0.333 e. The van der Waals surface area contributed by atoms with E-state index in [1.807, 2.05) is 17.9 Å². The number of halogens is 3. The second-order valence-corrected chi connectivity index (χ2v) is 13.0. The monoisotopic (exact) mass is 620 g/mol. The lowest BCUT2D eigenvalue weighted by molar-refractivity contribution is -0.128. The molecular weight excluding hydrogens is 590 g/mol. The number of fused-ring (bicyclic) bond motifs is 3. The summed E-state index contributed by atoms with van der Waals surface area (Å²) in [4.78, 5) is 44.5. The predicted molar refractivity (Wildman–Crippen MR) is 164 cm³/mol. The first kappa shape index (κ1) is 28.3. The van der Waals surface area contributed by atoms with Gasteiger partial charge in [-0.05, 0) is 79.6 Å². The van der Waals surface area contributed by atoms with Crippen LogP contribution in [0.2, 0.25) is 10.0 Å². The molecule has 3 aromatic rings. The minimum atomic E-state index is -1.26. The number of nitrogens with zero attached hydrogens (tertiary/aromatic N) is 2. The predicted octanol–water partition coefficient (Wildman–Crippen LogP) is 6.34. The van der Waals surface area contributed by atoms with Crippen LogP contribution in [0.5, 0.6) is 0 Å². The Morgan fingerprint density at radius 2 is 1.88 bits per heavy atom. The number of hydrogen-bond donors (Lipinski definition) is 2. The molecule has 2 saturated heterocycles. The maximum absolute atomic E-state index is 16.1. The quantitative estimate of drug-likeness (QED) is 0.349. The molecule has 1 spiro atoms. The summed E-state index contributed by atoms with van der Waals surface area (Å²) in [6, 6.07) is 14.8. The molecule has 7 nitrogen and oxygen atoms in total. The van der Waals surface area contributed by atoms with Gasteiger partial charge in [0.1, 0.15) is 11.4 Å². The lowest BCUT2D eigenvalue weighted by atomic mass is 9.73. The van der Waals surface area contributed by atoms with E-state index in [1.165, 1.54) is 13.0 Å². The summed E-state index contributed by atoms with van der Waals surface area (Å²) in [5.41, 5.74) is 2.22. The number of rotatable bonds is 5. The zero-order valence-electron chi connectivity index (χ0n) is 23.8. The summed E-state index contributed by atoms with van der Waals surface area (Å²) in [6.07, 6.45) is 2.78. The average molecular weight is 622 g/mol. The standard InChI is InChI=1S/C33H31Cl2FN4O3/c1-17-14-21(37-18(2)41)9-10-22(17)31(42)39-13-12-27-30(39)28(23-4-3-5-25(35)29(23)36)33(40(27)16-19-6-7-19)24-11-8-20(34)15-26(24)38-32(33)43/h3-5,8-11,14-15,19,27-28,30H,6-7,12-13,16H2,1-2H3,(H,37,41)(H,38,43)/t27-,28-,30?,33+/m0/s1. The molecule has 0 radical (unpaired) electrons. The van der Waals surface area contributed by atoms with E-state index in [4.69, 9.17) is 23.2 Å². The van der Waals surface area contributed by atoms with Gasteiger partial charge in [0.2, 0.25) is 11.8 Å². The van der Waals surface area contributed by atoms with Crippen molar-refractivity contribution in [1.82, 2.24) is 9.80 Å². The molecule has 0 bridgehead atoms. The zero-order chi connectivity index (χ0) is 30.2. The van der Waals surface area contributed by atoms with Gasteiger partial charge >= 0.3 is 0 Å². The van der Waals surface area contributed by atoms with E-state index in [0.717, 1.165) is 18.4 Å². The average Bonchev–Trinajstić information content (AvgIpc) is 3.51. The van der Waals surface area contributed by atoms with Crippen molar-refractivity contribution in [2.45, 2.75) is 56.7 Å². The minimum absolute atomic E-state index is 0.0279. The van der Waals surface area contributed by atoms with Crippen molar-refractivity contribution >= 4 is 52.3 Å². The Kier molecular flexibility index (Phi) is 6.80. The van der Waals surface area contributed by atoms with Crippen molar-refractivity contribution in [2.24, 2.45) is 5.92 Å². The van der Waals surface area contributed by atoms with Gasteiger partial charge in [-0.25, -0.2) is 4.39 Å². The Hall–Kier alpha value is -3.46. The van der Waals surface area contributed by atoms with Crippen LogP contribution in [0, 0.1) is 18.7 Å². The molecule has 3 aliphatic heterocycles. The van der Waals surface area contributed by atoms with E-state index in [2.05, 4.69) is 15.5 Å². The van der Waals surface area contributed by atoms with Crippen LogP contribution in [0.4, 0.5) is 15.8 Å². The summed E-state index contributed by atoms with van der Waals surface area (Å²) >= 11 is 12.7. The molecule has 1 saturated carbocycles. The SMILES string of the molecule is CC(=O)Nc1ccc(C(=O)N2CC[C@H]3C2[C@H](c2cccc(Cl)c2F)[C@]2(C(=O)Nc4cc(Cl)ccc42)N3CC2CC2)c(C)c1. The summed E-state index contributed by atoms with van der Waals surface area (Å²) in [7, 11) is 0. The van der Waals surface area contributed by atoms with Crippen molar-refractivity contribution in [3.05, 3.63) is 92.7 Å². The van der Waals surface area contributed by atoms with Gasteiger partial charge in [0.15, 0.2) is 0 Å². The highest BCUT2D eigenvalue weighted by atomic mass is 35.5. The molecule has 7 rings (SSSR count). The van der Waals surface area contributed by atoms with Gasteiger partial charge in [-0.1, -0.05) is 41.4 Å². The van der Waals surface area contributed by atoms with Gasteiger partial charge in [-0.15, -0.1) is 0 Å². The molecule has 1 unspecified atom stereocenters. The maximum Gasteiger partial charge on any atom is 0.254 e. The van der Waals surface area contributed by atoms with Crippen LogP contribution in [0.15, 0.2) is 54.6 Å². The molecule has 3 amide bonds. The molecule has 3 aromatic carbocycles. The second-order valence-electron chi connectivity index (χ2n) is 12.2. The number of aryl methyl sites for hydroxylation is 1. The lowest BCUT2D eigenvalue weighted by Gasteiger charge is -2.41. The first-order valence-corrected chi connectivity index (χ1v) is 15.4. The molecule has 0 aromatic heterocycles. The number of hydrogen-bond acceptors (Lipinski definition) is 4. The van der Waals surface area contributed by atoms with Crippen LogP contribution in [0.3, 0.4) is 0 Å². The van der Waals surface area contributed by atoms with Crippen molar-refractivity contribution < 1.29 is 18.8 Å². The van der Waals surface area contributed by atoms with Crippen LogP contribution >= 0.6 is 23.2 Å². The lowest BCUT2D eigenvalue weighted by Crippen LogP contribution is -2.53. The smallest absolute Gasteiger partial charge is 0.254 e.